The summed E-state index contributed by atoms with van der Waals surface area (Å²) in [5.41, 5.74) is 3.77. The average Bonchev–Trinajstić information content (AvgIpc) is 2.98. The zero-order valence-corrected chi connectivity index (χ0v) is 14.8. The van der Waals surface area contributed by atoms with Gasteiger partial charge in [0, 0.05) is 11.4 Å². The van der Waals surface area contributed by atoms with Gasteiger partial charge in [-0.1, -0.05) is 38.1 Å². The van der Waals surface area contributed by atoms with Gasteiger partial charge in [0.15, 0.2) is 0 Å². The Hall–Kier alpha value is -1.23. The van der Waals surface area contributed by atoms with Crippen LogP contribution in [0.2, 0.25) is 0 Å². The zero-order valence-electron chi connectivity index (χ0n) is 14.0. The van der Waals surface area contributed by atoms with Crippen molar-refractivity contribution in [2.24, 2.45) is 5.92 Å². The smallest absolute Gasteiger partial charge is 0.107 e. The fourth-order valence-corrected chi connectivity index (χ4v) is 4.38. The number of aromatic nitrogens is 1. The number of aliphatic hydroxyl groups is 1. The number of hydrogen-bond donors (Lipinski definition) is 2. The lowest BCUT2D eigenvalue weighted by atomic mass is 9.93. The number of fused-ring (bicyclic) bond motifs is 1. The van der Waals surface area contributed by atoms with Gasteiger partial charge in [-0.2, -0.15) is 0 Å². The van der Waals surface area contributed by atoms with Crippen molar-refractivity contribution in [2.45, 2.75) is 52.1 Å². The average molecular weight is 330 g/mol. The first kappa shape index (κ1) is 16.6. The van der Waals surface area contributed by atoms with Gasteiger partial charge >= 0.3 is 0 Å². The summed E-state index contributed by atoms with van der Waals surface area (Å²) >= 11 is 1.84. The van der Waals surface area contributed by atoms with Crippen molar-refractivity contribution in [1.82, 2.24) is 10.3 Å². The van der Waals surface area contributed by atoms with E-state index in [2.05, 4.69) is 43.4 Å². The molecule has 1 aliphatic carbocycles. The normalized spacial score (nSPS) is 18.7. The molecule has 1 aromatic heterocycles. The van der Waals surface area contributed by atoms with Crippen LogP contribution in [0, 0.1) is 5.92 Å². The van der Waals surface area contributed by atoms with Crippen LogP contribution in [0.3, 0.4) is 0 Å². The SMILES string of the molecule is CCc1ccc(C(CO)NCc2nc3c(s2)CC(C)CC3)cc1. The van der Waals surface area contributed by atoms with Gasteiger partial charge in [0.2, 0.25) is 0 Å². The second kappa shape index (κ2) is 7.56. The van der Waals surface area contributed by atoms with Crippen LogP contribution < -0.4 is 5.32 Å². The van der Waals surface area contributed by atoms with E-state index in [1.54, 1.807) is 0 Å². The van der Waals surface area contributed by atoms with Gasteiger partial charge in [-0.15, -0.1) is 11.3 Å². The van der Waals surface area contributed by atoms with Crippen molar-refractivity contribution < 1.29 is 5.11 Å². The Morgan fingerprint density at radius 3 is 2.83 bits per heavy atom. The van der Waals surface area contributed by atoms with Crippen LogP contribution in [0.15, 0.2) is 24.3 Å². The highest BCUT2D eigenvalue weighted by molar-refractivity contribution is 7.11. The van der Waals surface area contributed by atoms with E-state index in [9.17, 15) is 5.11 Å². The van der Waals surface area contributed by atoms with Crippen molar-refractivity contribution in [3.05, 3.63) is 51.0 Å². The highest BCUT2D eigenvalue weighted by Gasteiger charge is 2.20. The number of benzene rings is 1. The van der Waals surface area contributed by atoms with E-state index in [-0.39, 0.29) is 12.6 Å². The van der Waals surface area contributed by atoms with Crippen LogP contribution in [0.5, 0.6) is 0 Å². The topological polar surface area (TPSA) is 45.1 Å². The summed E-state index contributed by atoms with van der Waals surface area (Å²) < 4.78 is 0. The fourth-order valence-electron chi connectivity index (χ4n) is 3.15. The molecule has 0 saturated heterocycles. The molecule has 0 spiro atoms. The summed E-state index contributed by atoms with van der Waals surface area (Å²) in [5.74, 6) is 0.783. The third-order valence-electron chi connectivity index (χ3n) is 4.70. The number of nitrogens with zero attached hydrogens (tertiary/aromatic N) is 1. The Kier molecular flexibility index (Phi) is 5.46. The van der Waals surface area contributed by atoms with Crippen molar-refractivity contribution in [1.29, 1.82) is 0 Å². The van der Waals surface area contributed by atoms with Gasteiger partial charge in [0.1, 0.15) is 5.01 Å². The van der Waals surface area contributed by atoms with E-state index in [4.69, 9.17) is 4.98 Å². The van der Waals surface area contributed by atoms with E-state index in [0.717, 1.165) is 35.9 Å². The molecule has 2 aromatic rings. The first-order chi connectivity index (χ1) is 11.2. The Labute approximate surface area is 142 Å². The lowest BCUT2D eigenvalue weighted by Gasteiger charge is -2.16. The van der Waals surface area contributed by atoms with E-state index in [0.29, 0.717) is 0 Å². The second-order valence-electron chi connectivity index (χ2n) is 6.54. The quantitative estimate of drug-likeness (QED) is 0.850. The molecule has 2 N–H and O–H groups in total. The summed E-state index contributed by atoms with van der Waals surface area (Å²) in [6.07, 6.45) is 4.59. The van der Waals surface area contributed by atoms with E-state index < -0.39 is 0 Å². The molecule has 3 nitrogen and oxygen atoms in total. The second-order valence-corrected chi connectivity index (χ2v) is 7.70. The maximum atomic E-state index is 9.70. The molecular weight excluding hydrogens is 304 g/mol. The number of nitrogens with one attached hydrogen (secondary N) is 1. The molecule has 3 rings (SSSR count). The zero-order chi connectivity index (χ0) is 16.2. The van der Waals surface area contributed by atoms with Crippen molar-refractivity contribution >= 4 is 11.3 Å². The summed E-state index contributed by atoms with van der Waals surface area (Å²) in [6, 6.07) is 8.48. The van der Waals surface area contributed by atoms with Crippen molar-refractivity contribution in [3.8, 4) is 0 Å². The predicted octanol–water partition coefficient (Wildman–Crippen LogP) is 3.65. The maximum absolute atomic E-state index is 9.70. The van der Waals surface area contributed by atoms with Gasteiger partial charge in [-0.3, -0.25) is 0 Å². The Bertz CT molecular complexity index is 635. The minimum Gasteiger partial charge on any atom is -0.394 e. The molecule has 1 heterocycles. The summed E-state index contributed by atoms with van der Waals surface area (Å²) in [4.78, 5) is 6.25. The van der Waals surface area contributed by atoms with Crippen LogP contribution in [0.4, 0.5) is 0 Å². The fraction of sp³-hybridized carbons (Fsp3) is 0.526. The molecule has 0 amide bonds. The minimum atomic E-state index is -0.0271. The predicted molar refractivity (Wildman–Crippen MR) is 95.8 cm³/mol. The molecule has 0 bridgehead atoms. The number of aryl methyl sites for hydroxylation is 2. The molecule has 0 radical (unpaired) electrons. The molecule has 2 atom stereocenters. The molecule has 0 fully saturated rings. The molecule has 0 saturated carbocycles. The van der Waals surface area contributed by atoms with Crippen molar-refractivity contribution in [3.63, 3.8) is 0 Å². The molecule has 0 aliphatic heterocycles. The highest BCUT2D eigenvalue weighted by atomic mass is 32.1. The first-order valence-corrected chi connectivity index (χ1v) is 9.41. The van der Waals surface area contributed by atoms with Gasteiger partial charge in [-0.25, -0.2) is 4.98 Å². The lowest BCUT2D eigenvalue weighted by Crippen LogP contribution is -2.24. The molecule has 2 unspecified atom stereocenters. The van der Waals surface area contributed by atoms with Crippen LogP contribution in [-0.2, 0) is 25.8 Å². The third-order valence-corrected chi connectivity index (χ3v) is 5.82. The first-order valence-electron chi connectivity index (χ1n) is 8.60. The third kappa shape index (κ3) is 4.00. The number of aliphatic hydroxyl groups excluding tert-OH is 1. The largest absolute Gasteiger partial charge is 0.394 e. The Morgan fingerprint density at radius 2 is 2.13 bits per heavy atom. The number of rotatable bonds is 6. The summed E-state index contributed by atoms with van der Waals surface area (Å²) in [6.45, 7) is 5.31. The Morgan fingerprint density at radius 1 is 1.35 bits per heavy atom. The van der Waals surface area contributed by atoms with Crippen LogP contribution in [0.25, 0.3) is 0 Å². The summed E-state index contributed by atoms with van der Waals surface area (Å²) in [7, 11) is 0. The number of thiazole rings is 1. The summed E-state index contributed by atoms with van der Waals surface area (Å²) in [5, 5.41) is 14.3. The highest BCUT2D eigenvalue weighted by Crippen LogP contribution is 2.30. The lowest BCUT2D eigenvalue weighted by molar-refractivity contribution is 0.243. The van der Waals surface area contributed by atoms with Crippen LogP contribution in [0.1, 0.15) is 53.0 Å². The van der Waals surface area contributed by atoms with E-state index in [1.165, 1.54) is 29.0 Å². The minimum absolute atomic E-state index is 0.0271. The monoisotopic (exact) mass is 330 g/mol. The van der Waals surface area contributed by atoms with Crippen LogP contribution in [-0.4, -0.2) is 16.7 Å². The molecule has 4 heteroatoms. The Balaban J connectivity index is 1.63. The molecule has 124 valence electrons. The van der Waals surface area contributed by atoms with Gasteiger partial charge < -0.3 is 10.4 Å². The van der Waals surface area contributed by atoms with E-state index >= 15 is 0 Å². The standard InChI is InChI=1S/C19H26N2OS/c1-3-14-5-7-15(8-6-14)17(12-22)20-11-19-21-16-9-4-13(2)10-18(16)23-19/h5-8,13,17,20,22H,3-4,9-12H2,1-2H3. The molecule has 23 heavy (non-hydrogen) atoms. The van der Waals surface area contributed by atoms with Crippen LogP contribution >= 0.6 is 11.3 Å². The van der Waals surface area contributed by atoms with Gasteiger partial charge in [-0.05, 0) is 42.7 Å². The maximum Gasteiger partial charge on any atom is 0.107 e. The van der Waals surface area contributed by atoms with Gasteiger partial charge in [0.05, 0.1) is 18.3 Å². The van der Waals surface area contributed by atoms with Gasteiger partial charge in [0.25, 0.3) is 0 Å². The van der Waals surface area contributed by atoms with E-state index in [1.807, 2.05) is 11.3 Å². The number of hydrogen-bond acceptors (Lipinski definition) is 4. The van der Waals surface area contributed by atoms with Crippen molar-refractivity contribution in [2.75, 3.05) is 6.61 Å². The molecular formula is C19H26N2OS. The molecule has 1 aromatic carbocycles. The molecule has 1 aliphatic rings.